The average molecular weight is 315 g/mol. The van der Waals surface area contributed by atoms with Crippen LogP contribution in [0.5, 0.6) is 5.75 Å². The highest BCUT2D eigenvalue weighted by molar-refractivity contribution is 5.99. The van der Waals surface area contributed by atoms with Crippen molar-refractivity contribution >= 4 is 17.6 Å². The summed E-state index contributed by atoms with van der Waals surface area (Å²) in [6.07, 6.45) is -1.76. The zero-order valence-corrected chi connectivity index (χ0v) is 12.0. The second-order valence-corrected chi connectivity index (χ2v) is 3.90. The topological polar surface area (TPSA) is 73.9 Å². The summed E-state index contributed by atoms with van der Waals surface area (Å²) in [6, 6.07) is 6.12. The molecule has 22 heavy (non-hydrogen) atoms. The average Bonchev–Trinajstić information content (AvgIpc) is 2.52. The van der Waals surface area contributed by atoms with Crippen molar-refractivity contribution in [2.45, 2.75) is 6.43 Å². The number of rotatable bonds is 7. The van der Waals surface area contributed by atoms with Gasteiger partial charge in [-0.1, -0.05) is 12.1 Å². The van der Waals surface area contributed by atoms with Gasteiger partial charge in [-0.2, -0.15) is 0 Å². The molecule has 1 aromatic carbocycles. The van der Waals surface area contributed by atoms with Crippen molar-refractivity contribution in [3.8, 4) is 5.75 Å². The van der Waals surface area contributed by atoms with Crippen LogP contribution in [0.4, 0.5) is 14.5 Å². The normalized spacial score (nSPS) is 11.0. The lowest BCUT2D eigenvalue weighted by Crippen LogP contribution is -2.16. The Bertz CT molecular complexity index is 560. The van der Waals surface area contributed by atoms with Crippen LogP contribution in [0.2, 0.25) is 0 Å². The minimum absolute atomic E-state index is 0.0995. The monoisotopic (exact) mass is 315 g/mol. The molecule has 0 heterocycles. The van der Waals surface area contributed by atoms with Crippen molar-refractivity contribution in [2.24, 2.45) is 0 Å². The van der Waals surface area contributed by atoms with Gasteiger partial charge < -0.3 is 19.5 Å². The molecule has 1 N–H and O–H groups in total. The highest BCUT2D eigenvalue weighted by Gasteiger charge is 2.15. The number of anilines is 1. The molecule has 120 valence electrons. The molecule has 0 fully saturated rings. The molecule has 0 atom stereocenters. The Kier molecular flexibility index (Phi) is 6.81. The van der Waals surface area contributed by atoms with Gasteiger partial charge in [0.05, 0.1) is 26.0 Å². The van der Waals surface area contributed by atoms with Crippen LogP contribution in [0.15, 0.2) is 36.0 Å². The van der Waals surface area contributed by atoms with Crippen LogP contribution >= 0.6 is 0 Å². The number of halogens is 2. The molecular weight excluding hydrogens is 300 g/mol. The third-order valence-corrected chi connectivity index (χ3v) is 2.39. The van der Waals surface area contributed by atoms with E-state index >= 15 is 0 Å². The first kappa shape index (κ1) is 17.4. The summed E-state index contributed by atoms with van der Waals surface area (Å²) < 4.78 is 38.3. The first-order valence-corrected chi connectivity index (χ1v) is 6.13. The van der Waals surface area contributed by atoms with Crippen LogP contribution in [-0.2, 0) is 19.1 Å². The van der Waals surface area contributed by atoms with Gasteiger partial charge in [-0.3, -0.25) is 0 Å². The maximum Gasteiger partial charge on any atom is 0.354 e. The molecule has 1 rings (SSSR count). The van der Waals surface area contributed by atoms with E-state index < -0.39 is 25.0 Å². The van der Waals surface area contributed by atoms with Gasteiger partial charge in [0.1, 0.15) is 18.1 Å². The summed E-state index contributed by atoms with van der Waals surface area (Å²) in [5.41, 5.74) is 0.00569. The van der Waals surface area contributed by atoms with Crippen LogP contribution < -0.4 is 10.1 Å². The molecule has 0 aliphatic heterocycles. The number of para-hydroxylation sites is 2. The number of carbonyl (C=O) groups is 2. The SMILES string of the molecule is COC(=O)/C=C(/Nc1ccccc1OCC(F)F)C(=O)OC. The third-order valence-electron chi connectivity index (χ3n) is 2.39. The molecule has 0 saturated heterocycles. The van der Waals surface area contributed by atoms with Gasteiger partial charge in [-0.15, -0.1) is 0 Å². The van der Waals surface area contributed by atoms with Crippen LogP contribution in [-0.4, -0.2) is 39.2 Å². The van der Waals surface area contributed by atoms with Crippen molar-refractivity contribution in [2.75, 3.05) is 26.1 Å². The first-order valence-electron chi connectivity index (χ1n) is 6.13. The van der Waals surface area contributed by atoms with Crippen molar-refractivity contribution in [1.82, 2.24) is 0 Å². The fourth-order valence-corrected chi connectivity index (χ4v) is 1.43. The van der Waals surface area contributed by atoms with Crippen LogP contribution in [0.25, 0.3) is 0 Å². The van der Waals surface area contributed by atoms with Crippen molar-refractivity contribution < 1.29 is 32.6 Å². The van der Waals surface area contributed by atoms with Crippen LogP contribution in [0.3, 0.4) is 0 Å². The Morgan fingerprint density at radius 1 is 1.23 bits per heavy atom. The van der Waals surface area contributed by atoms with Crippen LogP contribution in [0, 0.1) is 0 Å². The van der Waals surface area contributed by atoms with E-state index in [1.807, 2.05) is 0 Å². The van der Waals surface area contributed by atoms with E-state index in [1.165, 1.54) is 12.1 Å². The number of ether oxygens (including phenoxy) is 3. The molecule has 0 aromatic heterocycles. The molecule has 0 spiro atoms. The largest absolute Gasteiger partial charge is 0.485 e. The quantitative estimate of drug-likeness (QED) is 0.612. The smallest absolute Gasteiger partial charge is 0.354 e. The van der Waals surface area contributed by atoms with E-state index in [-0.39, 0.29) is 17.1 Å². The summed E-state index contributed by atoms with van der Waals surface area (Å²) in [6.45, 7) is -0.799. The molecule has 0 aliphatic rings. The number of carbonyl (C=O) groups excluding carboxylic acids is 2. The van der Waals surface area contributed by atoms with Crippen molar-refractivity contribution in [1.29, 1.82) is 0 Å². The molecule has 0 bridgehead atoms. The predicted molar refractivity (Wildman–Crippen MR) is 73.7 cm³/mol. The second kappa shape index (κ2) is 8.60. The van der Waals surface area contributed by atoms with Crippen LogP contribution in [0.1, 0.15) is 0 Å². The molecule has 0 radical (unpaired) electrons. The number of esters is 2. The van der Waals surface area contributed by atoms with Gasteiger partial charge >= 0.3 is 11.9 Å². The van der Waals surface area contributed by atoms with Crippen molar-refractivity contribution in [3.05, 3.63) is 36.0 Å². The van der Waals surface area contributed by atoms with Crippen molar-refractivity contribution in [3.63, 3.8) is 0 Å². The Hall–Kier alpha value is -2.64. The first-order chi connectivity index (χ1) is 10.5. The van der Waals surface area contributed by atoms with E-state index in [1.54, 1.807) is 12.1 Å². The standard InChI is InChI=1S/C14H15F2NO5/c1-20-13(18)7-10(14(19)21-2)17-9-5-3-4-6-11(9)22-8-12(15)16/h3-7,12,17H,8H2,1-2H3/b10-7+. The minimum Gasteiger partial charge on any atom is -0.485 e. The third kappa shape index (κ3) is 5.39. The molecule has 0 amide bonds. The van der Waals surface area contributed by atoms with Gasteiger partial charge in [0.15, 0.2) is 0 Å². The zero-order chi connectivity index (χ0) is 16.5. The summed E-state index contributed by atoms with van der Waals surface area (Å²) >= 11 is 0. The molecule has 0 saturated carbocycles. The number of alkyl halides is 2. The zero-order valence-electron chi connectivity index (χ0n) is 12.0. The van der Waals surface area contributed by atoms with E-state index in [0.717, 1.165) is 20.3 Å². The van der Waals surface area contributed by atoms with Gasteiger partial charge in [0.2, 0.25) is 0 Å². The summed E-state index contributed by atoms with van der Waals surface area (Å²) in [5.74, 6) is -1.50. The van der Waals surface area contributed by atoms with Gasteiger partial charge in [-0.05, 0) is 12.1 Å². The van der Waals surface area contributed by atoms with Gasteiger partial charge in [0.25, 0.3) is 6.43 Å². The summed E-state index contributed by atoms with van der Waals surface area (Å²) in [5, 5.41) is 2.60. The maximum absolute atomic E-state index is 12.2. The number of benzene rings is 1. The molecule has 0 aliphatic carbocycles. The fourth-order valence-electron chi connectivity index (χ4n) is 1.43. The fraction of sp³-hybridized carbons (Fsp3) is 0.286. The van der Waals surface area contributed by atoms with E-state index in [0.29, 0.717) is 0 Å². The Morgan fingerprint density at radius 2 is 1.91 bits per heavy atom. The Morgan fingerprint density at radius 3 is 2.50 bits per heavy atom. The second-order valence-electron chi connectivity index (χ2n) is 3.90. The Balaban J connectivity index is 3.00. The number of hydrogen-bond donors (Lipinski definition) is 1. The lowest BCUT2D eigenvalue weighted by atomic mass is 10.2. The van der Waals surface area contributed by atoms with Gasteiger partial charge in [-0.25, -0.2) is 18.4 Å². The number of nitrogens with one attached hydrogen (secondary N) is 1. The summed E-state index contributed by atoms with van der Waals surface area (Å²) in [4.78, 5) is 22.9. The van der Waals surface area contributed by atoms with E-state index in [9.17, 15) is 18.4 Å². The van der Waals surface area contributed by atoms with E-state index in [2.05, 4.69) is 14.8 Å². The molecule has 8 heteroatoms. The molecule has 6 nitrogen and oxygen atoms in total. The van der Waals surface area contributed by atoms with Gasteiger partial charge in [0, 0.05) is 0 Å². The number of hydrogen-bond acceptors (Lipinski definition) is 6. The number of methoxy groups -OCH3 is 2. The lowest BCUT2D eigenvalue weighted by molar-refractivity contribution is -0.138. The lowest BCUT2D eigenvalue weighted by Gasteiger charge is -2.14. The van der Waals surface area contributed by atoms with E-state index in [4.69, 9.17) is 4.74 Å². The Labute approximate surface area is 125 Å². The summed E-state index contributed by atoms with van der Waals surface area (Å²) in [7, 11) is 2.28. The highest BCUT2D eigenvalue weighted by Crippen LogP contribution is 2.25. The molecule has 0 unspecified atom stereocenters. The predicted octanol–water partition coefficient (Wildman–Crippen LogP) is 1.97. The molecular formula is C14H15F2NO5. The molecule has 1 aromatic rings. The highest BCUT2D eigenvalue weighted by atomic mass is 19.3. The maximum atomic E-state index is 12.2. The minimum atomic E-state index is -2.64.